The molecule has 0 unspecified atom stereocenters. The van der Waals surface area contributed by atoms with Gasteiger partial charge in [0.25, 0.3) is 5.82 Å². The Morgan fingerprint density at radius 3 is 1.71 bits per heavy atom. The summed E-state index contributed by atoms with van der Waals surface area (Å²) in [5.41, 5.74) is 1.46. The third kappa shape index (κ3) is 13.9. The number of benzene rings is 1. The van der Waals surface area contributed by atoms with Crippen molar-refractivity contribution in [3.05, 3.63) is 54.1 Å². The molecule has 2 nitrogen and oxygen atoms in total. The number of unbranched alkanes of at least 4 members (excludes halogenated alkanes) is 15. The van der Waals surface area contributed by atoms with E-state index in [1.54, 1.807) is 5.82 Å². The minimum atomic E-state index is 1.14. The number of aryl methyl sites for hydroxylation is 3. The molecule has 198 valence electrons. The Bertz CT molecular complexity index is 718. The quantitative estimate of drug-likeness (QED) is 0.110. The highest BCUT2D eigenvalue weighted by molar-refractivity contribution is 5.14. The van der Waals surface area contributed by atoms with E-state index in [-0.39, 0.29) is 0 Å². The van der Waals surface area contributed by atoms with Crippen LogP contribution in [0.3, 0.4) is 0 Å². The largest absolute Gasteiger partial charge is 0.256 e. The summed E-state index contributed by atoms with van der Waals surface area (Å²) in [5, 5.41) is 0. The van der Waals surface area contributed by atoms with E-state index in [0.29, 0.717) is 0 Å². The summed E-state index contributed by atoms with van der Waals surface area (Å²) in [6.45, 7) is 6.95. The van der Waals surface area contributed by atoms with Gasteiger partial charge in [-0.3, -0.25) is 0 Å². The lowest BCUT2D eigenvalue weighted by Crippen LogP contribution is -2.37. The molecule has 0 radical (unpaired) electrons. The fourth-order valence-electron chi connectivity index (χ4n) is 5.30. The molecule has 1 aromatic heterocycles. The molecule has 2 rings (SSSR count). The monoisotopic (exact) mass is 481 g/mol. The fraction of sp³-hybridized carbons (Fsp3) is 0.727. The van der Waals surface area contributed by atoms with Gasteiger partial charge >= 0.3 is 0 Å². The Morgan fingerprint density at radius 2 is 1.11 bits per heavy atom. The third-order valence-electron chi connectivity index (χ3n) is 7.55. The molecule has 0 amide bonds. The fourth-order valence-corrected chi connectivity index (χ4v) is 5.30. The van der Waals surface area contributed by atoms with Crippen molar-refractivity contribution in [2.24, 2.45) is 0 Å². The maximum absolute atomic E-state index is 2.59. The van der Waals surface area contributed by atoms with E-state index in [0.717, 1.165) is 6.54 Å². The van der Waals surface area contributed by atoms with Crippen molar-refractivity contribution in [2.45, 2.75) is 155 Å². The molecule has 0 saturated heterocycles. The van der Waals surface area contributed by atoms with Crippen LogP contribution >= 0.6 is 0 Å². The summed E-state index contributed by atoms with van der Waals surface area (Å²) in [6, 6.07) is 11.0. The van der Waals surface area contributed by atoms with Gasteiger partial charge in [-0.05, 0) is 37.7 Å². The molecule has 0 N–H and O–H groups in total. The van der Waals surface area contributed by atoms with Crippen LogP contribution in [0.2, 0.25) is 0 Å². The van der Waals surface area contributed by atoms with Gasteiger partial charge in [0.15, 0.2) is 0 Å². The highest BCUT2D eigenvalue weighted by Gasteiger charge is 2.16. The van der Waals surface area contributed by atoms with E-state index in [1.165, 1.54) is 141 Å². The van der Waals surface area contributed by atoms with Gasteiger partial charge in [-0.1, -0.05) is 134 Å². The molecule has 0 saturated carbocycles. The molecular weight excluding hydrogens is 424 g/mol. The van der Waals surface area contributed by atoms with Gasteiger partial charge in [0.1, 0.15) is 12.4 Å². The van der Waals surface area contributed by atoms with Crippen LogP contribution in [0.1, 0.15) is 141 Å². The first-order valence-corrected chi connectivity index (χ1v) is 15.5. The second-order valence-electron chi connectivity index (χ2n) is 10.7. The van der Waals surface area contributed by atoms with Crippen molar-refractivity contribution < 1.29 is 4.57 Å². The lowest BCUT2D eigenvalue weighted by molar-refractivity contribution is -0.704. The van der Waals surface area contributed by atoms with Crippen molar-refractivity contribution in [1.29, 1.82) is 0 Å². The Labute approximate surface area is 218 Å². The number of aromatic nitrogens is 2. The average Bonchev–Trinajstić information content (AvgIpc) is 3.26. The lowest BCUT2D eigenvalue weighted by atomic mass is 10.1. The Hall–Kier alpha value is -1.57. The average molecular weight is 482 g/mol. The molecule has 0 fully saturated rings. The number of imidazole rings is 1. The first kappa shape index (κ1) is 29.7. The first-order chi connectivity index (χ1) is 17.3. The summed E-state index contributed by atoms with van der Waals surface area (Å²) >= 11 is 0. The van der Waals surface area contributed by atoms with Crippen LogP contribution in [-0.2, 0) is 25.9 Å². The molecule has 2 aromatic rings. The Morgan fingerprint density at radius 1 is 0.571 bits per heavy atom. The van der Waals surface area contributed by atoms with E-state index >= 15 is 0 Å². The van der Waals surface area contributed by atoms with E-state index in [9.17, 15) is 0 Å². The molecule has 1 heterocycles. The summed E-state index contributed by atoms with van der Waals surface area (Å²) < 4.78 is 5.16. The van der Waals surface area contributed by atoms with Crippen molar-refractivity contribution in [3.63, 3.8) is 0 Å². The topological polar surface area (TPSA) is 8.81 Å². The molecule has 0 bridgehead atoms. The molecule has 0 aliphatic carbocycles. The SMILES string of the molecule is CCCCCCCCCCCn1cc[n+](CCCc2ccccc2)c1CCCCCCCCCC. The minimum Gasteiger partial charge on any atom is -0.234 e. The normalized spacial score (nSPS) is 11.4. The maximum Gasteiger partial charge on any atom is 0.256 e. The zero-order chi connectivity index (χ0) is 24.8. The predicted molar refractivity (Wildman–Crippen MR) is 153 cm³/mol. The van der Waals surface area contributed by atoms with Gasteiger partial charge in [0, 0.05) is 6.42 Å². The van der Waals surface area contributed by atoms with Gasteiger partial charge in [0.05, 0.1) is 13.1 Å². The van der Waals surface area contributed by atoms with Gasteiger partial charge in [-0.25, -0.2) is 9.13 Å². The van der Waals surface area contributed by atoms with E-state index in [1.807, 2.05) is 0 Å². The summed E-state index contributed by atoms with van der Waals surface area (Å²) in [7, 11) is 0. The number of rotatable bonds is 23. The van der Waals surface area contributed by atoms with E-state index < -0.39 is 0 Å². The zero-order valence-electron chi connectivity index (χ0n) is 23.5. The smallest absolute Gasteiger partial charge is 0.234 e. The number of nitrogens with zero attached hydrogens (tertiary/aromatic N) is 2. The highest BCUT2D eigenvalue weighted by Crippen LogP contribution is 2.13. The first-order valence-electron chi connectivity index (χ1n) is 15.5. The van der Waals surface area contributed by atoms with Gasteiger partial charge in [-0.2, -0.15) is 0 Å². The maximum atomic E-state index is 2.59. The van der Waals surface area contributed by atoms with Crippen LogP contribution in [0, 0.1) is 0 Å². The van der Waals surface area contributed by atoms with E-state index in [4.69, 9.17) is 0 Å². The van der Waals surface area contributed by atoms with Crippen LogP contribution in [0.25, 0.3) is 0 Å². The van der Waals surface area contributed by atoms with Crippen LogP contribution in [-0.4, -0.2) is 4.57 Å². The zero-order valence-corrected chi connectivity index (χ0v) is 23.5. The van der Waals surface area contributed by atoms with Gasteiger partial charge in [0.2, 0.25) is 0 Å². The minimum absolute atomic E-state index is 1.14. The number of hydrogen-bond acceptors (Lipinski definition) is 0. The molecular formula is C33H57N2+. The predicted octanol–water partition coefficient (Wildman–Crippen LogP) is 9.62. The molecule has 35 heavy (non-hydrogen) atoms. The van der Waals surface area contributed by atoms with Crippen LogP contribution < -0.4 is 4.57 Å². The van der Waals surface area contributed by atoms with Crippen molar-refractivity contribution in [3.8, 4) is 0 Å². The Balaban J connectivity index is 1.75. The molecule has 1 aromatic carbocycles. The molecule has 0 atom stereocenters. The van der Waals surface area contributed by atoms with Gasteiger partial charge in [-0.15, -0.1) is 0 Å². The number of hydrogen-bond donors (Lipinski definition) is 0. The van der Waals surface area contributed by atoms with Crippen LogP contribution in [0.15, 0.2) is 42.7 Å². The summed E-state index contributed by atoms with van der Waals surface area (Å²) in [4.78, 5) is 0. The van der Waals surface area contributed by atoms with Gasteiger partial charge < -0.3 is 0 Å². The standard InChI is InChI=1S/C33H57N2/c1-3-5-7-9-11-13-15-17-22-28-34-30-31-35(29-23-26-32-24-19-18-20-25-32)33(34)27-21-16-14-12-10-8-6-4-2/h18-20,24-25,30-31H,3-17,21-23,26-29H2,1-2H3/q+1. The summed E-state index contributed by atoms with van der Waals surface area (Å²) in [5.74, 6) is 1.57. The van der Waals surface area contributed by atoms with Crippen LogP contribution in [0.5, 0.6) is 0 Å². The second-order valence-corrected chi connectivity index (χ2v) is 10.7. The molecule has 2 heteroatoms. The molecule has 0 spiro atoms. The Kier molecular flexibility index (Phi) is 17.5. The van der Waals surface area contributed by atoms with E-state index in [2.05, 4.69) is 65.7 Å². The second kappa shape index (κ2) is 20.6. The van der Waals surface area contributed by atoms with Crippen molar-refractivity contribution in [2.75, 3.05) is 0 Å². The molecule has 0 aliphatic rings. The van der Waals surface area contributed by atoms with Crippen molar-refractivity contribution >= 4 is 0 Å². The molecule has 0 aliphatic heterocycles. The van der Waals surface area contributed by atoms with Crippen LogP contribution in [0.4, 0.5) is 0 Å². The highest BCUT2D eigenvalue weighted by atomic mass is 15.1. The summed E-state index contributed by atoms with van der Waals surface area (Å²) in [6.07, 6.45) is 32.2. The third-order valence-corrected chi connectivity index (χ3v) is 7.55. The van der Waals surface area contributed by atoms with Crippen molar-refractivity contribution in [1.82, 2.24) is 4.57 Å². The lowest BCUT2D eigenvalue weighted by Gasteiger charge is -2.07.